The number of amides is 1. The summed E-state index contributed by atoms with van der Waals surface area (Å²) < 4.78 is 2.17. The normalized spacial score (nSPS) is 16.7. The van der Waals surface area contributed by atoms with Gasteiger partial charge in [0.2, 0.25) is 5.17 Å². The average Bonchev–Trinajstić information content (AvgIpc) is 3.56. The van der Waals surface area contributed by atoms with Crippen molar-refractivity contribution in [3.05, 3.63) is 93.4 Å². The first kappa shape index (κ1) is 21.8. The van der Waals surface area contributed by atoms with Gasteiger partial charge >= 0.3 is 0 Å². The van der Waals surface area contributed by atoms with Crippen LogP contribution in [0.3, 0.4) is 0 Å². The monoisotopic (exact) mass is 495 g/mol. The molecule has 0 bridgehead atoms. The van der Waals surface area contributed by atoms with Gasteiger partial charge in [-0.2, -0.15) is 15.1 Å². The highest BCUT2D eigenvalue weighted by Gasteiger charge is 2.35. The number of carbonyl (C=O) groups is 1. The first-order valence-electron chi connectivity index (χ1n) is 11.2. The molecule has 0 spiro atoms. The lowest BCUT2D eigenvalue weighted by atomic mass is 10.1. The first-order chi connectivity index (χ1) is 17.0. The van der Waals surface area contributed by atoms with Crippen LogP contribution in [0.2, 0.25) is 0 Å². The number of aromatic nitrogens is 1. The van der Waals surface area contributed by atoms with Crippen LogP contribution < -0.4 is 0 Å². The summed E-state index contributed by atoms with van der Waals surface area (Å²) in [5.74, 6) is -0.346. The number of carbonyl (C=O) groups excluding carboxylic acids is 1. The molecular formula is C27H21N5OS2. The number of hydrogen-bond acceptors (Lipinski definition) is 5. The third kappa shape index (κ3) is 3.84. The predicted octanol–water partition coefficient (Wildman–Crippen LogP) is 6.17. The van der Waals surface area contributed by atoms with E-state index in [0.29, 0.717) is 11.6 Å². The van der Waals surface area contributed by atoms with E-state index in [2.05, 4.69) is 51.1 Å². The molecule has 0 radical (unpaired) electrons. The highest BCUT2D eigenvalue weighted by atomic mass is 32.2. The van der Waals surface area contributed by atoms with Crippen molar-refractivity contribution in [1.82, 2.24) is 9.58 Å². The Morgan fingerprint density at radius 2 is 1.86 bits per heavy atom. The SMILES string of the molecule is Cc1cc(/C=C2/C(=N)N3N=C(Cc4cccs4)SC3=NC2=O)c(C)n1-c1ccc2ccccc2c1. The number of amidine groups is 2. The van der Waals surface area contributed by atoms with Gasteiger partial charge in [-0.25, -0.2) is 0 Å². The molecule has 172 valence electrons. The number of thiophene rings is 1. The van der Waals surface area contributed by atoms with Gasteiger partial charge in [-0.3, -0.25) is 10.2 Å². The third-order valence-corrected chi connectivity index (χ3v) is 7.95. The van der Waals surface area contributed by atoms with E-state index in [9.17, 15) is 4.79 Å². The molecule has 0 atom stereocenters. The van der Waals surface area contributed by atoms with Crippen LogP contribution in [-0.2, 0) is 11.2 Å². The van der Waals surface area contributed by atoms with Crippen molar-refractivity contribution in [3.63, 3.8) is 0 Å². The number of hydrogen-bond donors (Lipinski definition) is 1. The van der Waals surface area contributed by atoms with Crippen LogP contribution in [0, 0.1) is 19.3 Å². The molecule has 0 aliphatic carbocycles. The maximum atomic E-state index is 12.9. The number of fused-ring (bicyclic) bond motifs is 2. The molecule has 2 aliphatic heterocycles. The molecule has 0 saturated carbocycles. The molecule has 6 rings (SSSR count). The molecular weight excluding hydrogens is 474 g/mol. The Morgan fingerprint density at radius 1 is 1.03 bits per heavy atom. The van der Waals surface area contributed by atoms with Gasteiger partial charge in [-0.15, -0.1) is 11.3 Å². The molecule has 6 nitrogen and oxygen atoms in total. The van der Waals surface area contributed by atoms with Crippen molar-refractivity contribution in [3.8, 4) is 5.69 Å². The summed E-state index contributed by atoms with van der Waals surface area (Å²) in [6.45, 7) is 4.08. The minimum absolute atomic E-state index is 0.0594. The van der Waals surface area contributed by atoms with Gasteiger partial charge in [-0.1, -0.05) is 36.4 Å². The molecule has 2 aromatic heterocycles. The van der Waals surface area contributed by atoms with E-state index in [-0.39, 0.29) is 11.4 Å². The van der Waals surface area contributed by atoms with E-state index in [1.54, 1.807) is 17.4 Å². The van der Waals surface area contributed by atoms with Crippen LogP contribution >= 0.6 is 23.1 Å². The number of benzene rings is 2. The number of nitrogens with zero attached hydrogens (tertiary/aromatic N) is 4. The fourth-order valence-electron chi connectivity index (χ4n) is 4.47. The van der Waals surface area contributed by atoms with E-state index >= 15 is 0 Å². The van der Waals surface area contributed by atoms with Gasteiger partial charge in [0.25, 0.3) is 5.91 Å². The lowest BCUT2D eigenvalue weighted by Gasteiger charge is -2.20. The average molecular weight is 496 g/mol. The minimum Gasteiger partial charge on any atom is -0.318 e. The van der Waals surface area contributed by atoms with E-state index in [1.807, 2.05) is 43.5 Å². The molecule has 1 amide bonds. The summed E-state index contributed by atoms with van der Waals surface area (Å²) in [5.41, 5.74) is 4.24. The van der Waals surface area contributed by atoms with Gasteiger partial charge in [0, 0.05) is 28.4 Å². The smallest absolute Gasteiger partial charge is 0.283 e. The minimum atomic E-state index is -0.406. The Hall–Kier alpha value is -3.75. The van der Waals surface area contributed by atoms with Crippen LogP contribution in [0.25, 0.3) is 22.5 Å². The zero-order valence-corrected chi connectivity index (χ0v) is 20.8. The van der Waals surface area contributed by atoms with E-state index in [1.165, 1.54) is 32.4 Å². The van der Waals surface area contributed by atoms with Gasteiger partial charge in [0.1, 0.15) is 5.04 Å². The molecule has 0 saturated heterocycles. The fourth-order valence-corrected chi connectivity index (χ4v) is 6.18. The number of rotatable bonds is 4. The van der Waals surface area contributed by atoms with Crippen LogP contribution in [0.4, 0.5) is 0 Å². The Labute approximate surface area is 210 Å². The van der Waals surface area contributed by atoms with Crippen LogP contribution in [0.5, 0.6) is 0 Å². The maximum Gasteiger partial charge on any atom is 0.283 e. The van der Waals surface area contributed by atoms with E-state index < -0.39 is 5.91 Å². The van der Waals surface area contributed by atoms with Crippen molar-refractivity contribution in [2.75, 3.05) is 0 Å². The maximum absolute atomic E-state index is 12.9. The molecule has 8 heteroatoms. The molecule has 4 heterocycles. The Kier molecular flexibility index (Phi) is 5.27. The Balaban J connectivity index is 1.34. The van der Waals surface area contributed by atoms with Crippen molar-refractivity contribution < 1.29 is 4.79 Å². The number of aliphatic imine (C=N–C) groups is 1. The standard InChI is InChI=1S/C27H21N5OS2/c1-16-12-20(17(2)31(16)21-10-9-18-6-3-4-7-19(18)13-21)14-23-25(28)32-27(29-26(23)33)35-24(30-32)15-22-8-5-11-34-22/h3-14,28H,15H2,1-2H3/b23-14-,28-25?. The zero-order valence-electron chi connectivity index (χ0n) is 19.1. The molecule has 1 N–H and O–H groups in total. The zero-order chi connectivity index (χ0) is 24.1. The van der Waals surface area contributed by atoms with Gasteiger partial charge in [0.15, 0.2) is 5.84 Å². The summed E-state index contributed by atoms with van der Waals surface area (Å²) in [7, 11) is 0. The Bertz CT molecular complexity index is 1610. The topological polar surface area (TPSA) is 73.8 Å². The number of hydrazone groups is 1. The van der Waals surface area contributed by atoms with Crippen molar-refractivity contribution in [2.45, 2.75) is 20.3 Å². The number of aryl methyl sites for hydroxylation is 1. The molecule has 2 aromatic carbocycles. The summed E-state index contributed by atoms with van der Waals surface area (Å²) in [5, 5.41) is 20.4. The lowest BCUT2D eigenvalue weighted by Crippen LogP contribution is -2.35. The first-order valence-corrected chi connectivity index (χ1v) is 12.9. The highest BCUT2D eigenvalue weighted by Crippen LogP contribution is 2.31. The fraction of sp³-hybridized carbons (Fsp3) is 0.111. The van der Waals surface area contributed by atoms with Crippen molar-refractivity contribution in [1.29, 1.82) is 5.41 Å². The van der Waals surface area contributed by atoms with Crippen molar-refractivity contribution >= 4 is 61.9 Å². The summed E-state index contributed by atoms with van der Waals surface area (Å²) in [6.07, 6.45) is 2.44. The van der Waals surface area contributed by atoms with Gasteiger partial charge in [0.05, 0.1) is 5.57 Å². The lowest BCUT2D eigenvalue weighted by molar-refractivity contribution is -0.114. The largest absolute Gasteiger partial charge is 0.318 e. The van der Waals surface area contributed by atoms with Gasteiger partial charge < -0.3 is 4.57 Å². The third-order valence-electron chi connectivity index (χ3n) is 6.16. The summed E-state index contributed by atoms with van der Waals surface area (Å²) in [4.78, 5) is 18.3. The van der Waals surface area contributed by atoms with Crippen molar-refractivity contribution in [2.24, 2.45) is 10.1 Å². The second-order valence-corrected chi connectivity index (χ2v) is 10.5. The second-order valence-electron chi connectivity index (χ2n) is 8.46. The summed E-state index contributed by atoms with van der Waals surface area (Å²) >= 11 is 3.02. The summed E-state index contributed by atoms with van der Waals surface area (Å²) in [6, 6.07) is 20.8. The van der Waals surface area contributed by atoms with Crippen LogP contribution in [-0.4, -0.2) is 31.5 Å². The van der Waals surface area contributed by atoms with Crippen LogP contribution in [0.1, 0.15) is 21.8 Å². The molecule has 35 heavy (non-hydrogen) atoms. The number of nitrogens with one attached hydrogen (secondary N) is 1. The van der Waals surface area contributed by atoms with Crippen LogP contribution in [0.15, 0.2) is 81.7 Å². The molecule has 4 aromatic rings. The van der Waals surface area contributed by atoms with Gasteiger partial charge in [-0.05, 0) is 77.7 Å². The molecule has 2 aliphatic rings. The Morgan fingerprint density at radius 3 is 2.66 bits per heavy atom. The molecule has 0 unspecified atom stereocenters. The predicted molar refractivity (Wildman–Crippen MR) is 146 cm³/mol. The molecule has 0 fully saturated rings. The number of thioether (sulfide) groups is 1. The second kappa shape index (κ2) is 8.48. The quantitative estimate of drug-likeness (QED) is 0.344. The highest BCUT2D eigenvalue weighted by molar-refractivity contribution is 8.27. The van der Waals surface area contributed by atoms with E-state index in [4.69, 9.17) is 5.41 Å². The van der Waals surface area contributed by atoms with E-state index in [0.717, 1.165) is 27.7 Å².